The predicted octanol–water partition coefficient (Wildman–Crippen LogP) is 4.94. The van der Waals surface area contributed by atoms with Gasteiger partial charge in [-0.2, -0.15) is 0 Å². The van der Waals surface area contributed by atoms with Crippen LogP contribution in [-0.4, -0.2) is 47.0 Å². The number of nitrogens with zero attached hydrogens (tertiary/aromatic N) is 2. The van der Waals surface area contributed by atoms with Gasteiger partial charge < -0.3 is 9.84 Å². The van der Waals surface area contributed by atoms with Gasteiger partial charge in [-0.3, -0.25) is 24.1 Å². The first-order valence-corrected chi connectivity index (χ1v) is 13.5. The van der Waals surface area contributed by atoms with Crippen LogP contribution in [-0.2, 0) is 19.2 Å². The number of carbonyl (C=O) groups excluding carboxylic acids is 4. The molecular formula is C29H23ClF4N2O6. The number of aromatic hydroxyl groups is 1. The molecule has 6 unspecified atom stereocenters. The number of likely N-dealkylation sites (tertiary alicyclic amines) is 1. The summed E-state index contributed by atoms with van der Waals surface area (Å²) in [7, 11) is 1.36. The molecule has 2 saturated heterocycles. The molecule has 42 heavy (non-hydrogen) atoms. The Kier molecular flexibility index (Phi) is 6.23. The first kappa shape index (κ1) is 28.2. The van der Waals surface area contributed by atoms with Crippen LogP contribution in [0.1, 0.15) is 31.2 Å². The molecule has 0 spiro atoms. The maximum absolute atomic E-state index is 14.3. The molecule has 1 N–H and O–H groups in total. The second-order valence-electron chi connectivity index (χ2n) is 11.3. The van der Waals surface area contributed by atoms with Crippen LogP contribution in [0.25, 0.3) is 0 Å². The van der Waals surface area contributed by atoms with Crippen LogP contribution in [0.5, 0.6) is 11.5 Å². The molecule has 6 rings (SSSR count). The number of fused-ring (bicyclic) bond motifs is 4. The van der Waals surface area contributed by atoms with Crippen molar-refractivity contribution in [2.24, 2.45) is 29.1 Å². The van der Waals surface area contributed by atoms with E-state index in [1.165, 1.54) is 20.0 Å². The maximum Gasteiger partial charge on any atom is 0.573 e. The second-order valence-corrected chi connectivity index (χ2v) is 11.7. The number of hydrogen-bond donors (Lipinski definition) is 1. The fraction of sp³-hybridized carbons (Fsp3) is 0.379. The Morgan fingerprint density at radius 3 is 2.40 bits per heavy atom. The Morgan fingerprint density at radius 1 is 1.02 bits per heavy atom. The minimum absolute atomic E-state index is 0.00849. The number of rotatable bonds is 3. The highest BCUT2D eigenvalue weighted by Gasteiger charge is 2.67. The van der Waals surface area contributed by atoms with E-state index in [9.17, 15) is 41.8 Å². The summed E-state index contributed by atoms with van der Waals surface area (Å²) in [6, 6.07) is 6.21. The molecule has 0 aromatic heterocycles. The number of amides is 4. The minimum Gasteiger partial charge on any atom is -0.508 e. The number of carbonyl (C=O) groups is 4. The molecule has 2 aliphatic carbocycles. The van der Waals surface area contributed by atoms with Gasteiger partial charge in [-0.05, 0) is 62.1 Å². The largest absolute Gasteiger partial charge is 0.573 e. The summed E-state index contributed by atoms with van der Waals surface area (Å²) in [4.78, 5) is 56.3. The zero-order valence-electron chi connectivity index (χ0n) is 22.1. The Bertz CT molecular complexity index is 1610. The van der Waals surface area contributed by atoms with E-state index in [2.05, 4.69) is 4.74 Å². The topological polar surface area (TPSA) is 104 Å². The van der Waals surface area contributed by atoms with Crippen molar-refractivity contribution in [3.05, 3.63) is 64.5 Å². The van der Waals surface area contributed by atoms with Gasteiger partial charge in [0.05, 0.1) is 33.9 Å². The third-order valence-corrected chi connectivity index (χ3v) is 9.49. The molecule has 4 aliphatic rings. The van der Waals surface area contributed by atoms with Crippen LogP contribution in [0.4, 0.5) is 23.2 Å². The fourth-order valence-electron chi connectivity index (χ4n) is 7.35. The zero-order valence-corrected chi connectivity index (χ0v) is 22.9. The van der Waals surface area contributed by atoms with Crippen LogP contribution < -0.4 is 9.64 Å². The van der Waals surface area contributed by atoms with E-state index >= 15 is 0 Å². The van der Waals surface area contributed by atoms with Gasteiger partial charge in [-0.1, -0.05) is 23.3 Å². The molecule has 2 aliphatic heterocycles. The maximum atomic E-state index is 14.3. The lowest BCUT2D eigenvalue weighted by Gasteiger charge is -2.49. The summed E-state index contributed by atoms with van der Waals surface area (Å²) in [5.41, 5.74) is -1.31. The molecule has 13 heteroatoms. The van der Waals surface area contributed by atoms with Gasteiger partial charge in [-0.25, -0.2) is 9.29 Å². The number of imide groups is 2. The van der Waals surface area contributed by atoms with Crippen molar-refractivity contribution in [3.8, 4) is 11.5 Å². The number of halogens is 5. The summed E-state index contributed by atoms with van der Waals surface area (Å²) in [6.45, 7) is 1.49. The van der Waals surface area contributed by atoms with Crippen LogP contribution in [0, 0.1) is 34.9 Å². The average molecular weight is 607 g/mol. The van der Waals surface area contributed by atoms with Gasteiger partial charge in [0.15, 0.2) is 0 Å². The average Bonchev–Trinajstić information content (AvgIpc) is 3.26. The molecule has 220 valence electrons. The van der Waals surface area contributed by atoms with E-state index in [1.807, 2.05) is 0 Å². The van der Waals surface area contributed by atoms with Crippen LogP contribution in [0.15, 0.2) is 48.0 Å². The van der Waals surface area contributed by atoms with Gasteiger partial charge in [0, 0.05) is 18.5 Å². The highest BCUT2D eigenvalue weighted by atomic mass is 35.5. The normalized spacial score (nSPS) is 30.7. The summed E-state index contributed by atoms with van der Waals surface area (Å²) in [6.07, 6.45) is -3.25. The highest BCUT2D eigenvalue weighted by Crippen LogP contribution is 2.64. The van der Waals surface area contributed by atoms with Crippen LogP contribution >= 0.6 is 11.6 Å². The molecular weight excluding hydrogens is 584 g/mol. The number of ether oxygens (including phenoxy) is 1. The van der Waals surface area contributed by atoms with Crippen LogP contribution in [0.2, 0.25) is 5.02 Å². The lowest BCUT2D eigenvalue weighted by atomic mass is 9.51. The van der Waals surface area contributed by atoms with E-state index in [0.29, 0.717) is 5.57 Å². The number of benzene rings is 2. The second kappa shape index (κ2) is 9.29. The Morgan fingerprint density at radius 2 is 1.74 bits per heavy atom. The number of anilines is 1. The molecule has 2 aromatic rings. The standard InChI is InChI=1S/C29H23ClF4N2O6/c1-28-18(25(39)36(27(28)41)12-3-7-20(31)19(30)9-12)11-16-14(5-6-15-22(16)26(40)35(2)24(15)38)23(28)17-10-13(4-8-21(17)37)42-29(32,33)34/h3-5,7-10,15-16,18,22-23,37H,6,11H2,1-2H3. The van der Waals surface area contributed by atoms with Crippen molar-refractivity contribution in [2.75, 3.05) is 11.9 Å². The molecule has 6 atom stereocenters. The number of phenols is 1. The Balaban J connectivity index is 1.55. The smallest absolute Gasteiger partial charge is 0.508 e. The number of hydrogen-bond acceptors (Lipinski definition) is 6. The molecule has 2 heterocycles. The van der Waals surface area contributed by atoms with E-state index in [4.69, 9.17) is 11.6 Å². The lowest BCUT2D eigenvalue weighted by Crippen LogP contribution is -2.48. The summed E-state index contributed by atoms with van der Waals surface area (Å²) in [5.74, 6) is -8.71. The minimum atomic E-state index is -5.05. The predicted molar refractivity (Wildman–Crippen MR) is 139 cm³/mol. The molecule has 0 bridgehead atoms. The highest BCUT2D eigenvalue weighted by molar-refractivity contribution is 6.31. The monoisotopic (exact) mass is 606 g/mol. The fourth-order valence-corrected chi connectivity index (χ4v) is 7.52. The molecule has 2 aromatic carbocycles. The van der Waals surface area contributed by atoms with E-state index in [-0.39, 0.29) is 35.0 Å². The number of allylic oxidation sites excluding steroid dienone is 2. The van der Waals surface area contributed by atoms with E-state index in [1.54, 1.807) is 6.08 Å². The van der Waals surface area contributed by atoms with Crippen molar-refractivity contribution in [2.45, 2.75) is 32.0 Å². The summed E-state index contributed by atoms with van der Waals surface area (Å²) in [5, 5.41) is 10.6. The molecule has 3 fully saturated rings. The van der Waals surface area contributed by atoms with Gasteiger partial charge in [-0.15, -0.1) is 13.2 Å². The lowest BCUT2D eigenvalue weighted by molar-refractivity contribution is -0.274. The van der Waals surface area contributed by atoms with Crippen molar-refractivity contribution >= 4 is 40.9 Å². The van der Waals surface area contributed by atoms with Crippen LogP contribution in [0.3, 0.4) is 0 Å². The first-order valence-electron chi connectivity index (χ1n) is 13.1. The molecule has 8 nitrogen and oxygen atoms in total. The van der Waals surface area contributed by atoms with Crippen molar-refractivity contribution in [1.82, 2.24) is 4.90 Å². The SMILES string of the molecule is CN1C(=O)C2CC=C3C(CC4C(=O)N(c5ccc(F)c(Cl)c5)C(=O)C4(C)C3c3cc(OC(F)(F)F)ccc3O)C2C1=O. The molecule has 4 amide bonds. The van der Waals surface area contributed by atoms with Gasteiger partial charge in [0.25, 0.3) is 0 Å². The van der Waals surface area contributed by atoms with E-state index < -0.39 is 76.4 Å². The quantitative estimate of drug-likeness (QED) is 0.301. The third kappa shape index (κ3) is 3.94. The van der Waals surface area contributed by atoms with Crippen molar-refractivity contribution < 1.29 is 46.6 Å². The van der Waals surface area contributed by atoms with Gasteiger partial charge in [0.2, 0.25) is 23.6 Å². The zero-order chi connectivity index (χ0) is 30.5. The Labute approximate surface area is 241 Å². The van der Waals surface area contributed by atoms with E-state index in [0.717, 1.165) is 40.1 Å². The third-order valence-electron chi connectivity index (χ3n) is 9.20. The summed E-state index contributed by atoms with van der Waals surface area (Å²) < 4.78 is 57.5. The Hall–Kier alpha value is -3.93. The number of alkyl halides is 3. The number of phenolic OH excluding ortho intramolecular Hbond substituents is 1. The molecule has 0 radical (unpaired) electrons. The first-order chi connectivity index (χ1) is 19.6. The van der Waals surface area contributed by atoms with Crippen molar-refractivity contribution in [1.29, 1.82) is 0 Å². The van der Waals surface area contributed by atoms with Gasteiger partial charge in [0.1, 0.15) is 17.3 Å². The molecule has 1 saturated carbocycles. The van der Waals surface area contributed by atoms with Crippen molar-refractivity contribution in [3.63, 3.8) is 0 Å². The summed E-state index contributed by atoms with van der Waals surface area (Å²) >= 11 is 5.95. The van der Waals surface area contributed by atoms with Gasteiger partial charge >= 0.3 is 6.36 Å².